The summed E-state index contributed by atoms with van der Waals surface area (Å²) in [7, 11) is 0. The molecule has 0 heterocycles. The normalized spacial score (nSPS) is 10.7. The molecule has 0 saturated heterocycles. The highest BCUT2D eigenvalue weighted by atomic mass is 16.1. The van der Waals surface area contributed by atoms with E-state index in [-0.39, 0.29) is 0 Å². The van der Waals surface area contributed by atoms with E-state index in [4.69, 9.17) is 11.5 Å². The van der Waals surface area contributed by atoms with Crippen LogP contribution in [0, 0.1) is 5.92 Å². The van der Waals surface area contributed by atoms with Crippen LogP contribution in [0.15, 0.2) is 18.2 Å². The Morgan fingerprint density at radius 2 is 1.89 bits per heavy atom. The molecule has 4 N–H and O–H groups in total. The van der Waals surface area contributed by atoms with Crippen LogP contribution in [0.4, 0.5) is 11.4 Å². The number of benzene rings is 1. The summed E-state index contributed by atoms with van der Waals surface area (Å²) < 4.78 is 0. The monoisotopic (exact) mass is 263 g/mol. The first kappa shape index (κ1) is 15.3. The highest BCUT2D eigenvalue weighted by Crippen LogP contribution is 2.29. The number of para-hydroxylation sites is 1. The average Bonchev–Trinajstić information content (AvgIpc) is 2.40. The van der Waals surface area contributed by atoms with Crippen LogP contribution in [-0.4, -0.2) is 19.0 Å². The van der Waals surface area contributed by atoms with Gasteiger partial charge in [0, 0.05) is 13.1 Å². The molecule has 106 valence electrons. The summed E-state index contributed by atoms with van der Waals surface area (Å²) in [5.41, 5.74) is 13.4. The fourth-order valence-corrected chi connectivity index (χ4v) is 2.35. The Morgan fingerprint density at radius 3 is 2.37 bits per heavy atom. The molecule has 0 aliphatic heterocycles. The predicted octanol–water partition coefficient (Wildman–Crippen LogP) is 2.63. The molecule has 0 aliphatic rings. The molecular weight excluding hydrogens is 238 g/mol. The van der Waals surface area contributed by atoms with E-state index in [0.29, 0.717) is 17.2 Å². The molecule has 0 radical (unpaired) electrons. The van der Waals surface area contributed by atoms with Gasteiger partial charge in [-0.05, 0) is 25.0 Å². The Balaban J connectivity index is 3.13. The quantitative estimate of drug-likeness (QED) is 0.743. The first-order valence-corrected chi connectivity index (χ1v) is 6.98. The first-order valence-electron chi connectivity index (χ1n) is 6.98. The second-order valence-electron chi connectivity index (χ2n) is 4.83. The summed E-state index contributed by atoms with van der Waals surface area (Å²) in [6, 6.07) is 5.32. The number of nitrogens with zero attached hydrogens (tertiary/aromatic N) is 1. The number of hydrogen-bond acceptors (Lipinski definition) is 3. The lowest BCUT2D eigenvalue weighted by Crippen LogP contribution is -2.32. The summed E-state index contributed by atoms with van der Waals surface area (Å²) in [5, 5.41) is 0. The minimum absolute atomic E-state index is 0.426. The van der Waals surface area contributed by atoms with Gasteiger partial charge in [-0.1, -0.05) is 32.8 Å². The maximum Gasteiger partial charge on any atom is 0.250 e. The Labute approximate surface area is 115 Å². The van der Waals surface area contributed by atoms with Crippen LogP contribution in [0.25, 0.3) is 0 Å². The Bertz CT molecular complexity index is 427. The van der Waals surface area contributed by atoms with E-state index in [9.17, 15) is 4.79 Å². The van der Waals surface area contributed by atoms with Crippen LogP contribution >= 0.6 is 0 Å². The molecule has 19 heavy (non-hydrogen) atoms. The molecule has 0 bridgehead atoms. The van der Waals surface area contributed by atoms with E-state index in [0.717, 1.165) is 31.6 Å². The van der Waals surface area contributed by atoms with Gasteiger partial charge in [0.05, 0.1) is 16.9 Å². The topological polar surface area (TPSA) is 72.3 Å². The van der Waals surface area contributed by atoms with Crippen molar-refractivity contribution < 1.29 is 4.79 Å². The van der Waals surface area contributed by atoms with Crippen LogP contribution in [0.5, 0.6) is 0 Å². The zero-order chi connectivity index (χ0) is 14.4. The first-order chi connectivity index (χ1) is 9.04. The van der Waals surface area contributed by atoms with E-state index < -0.39 is 5.91 Å². The Hall–Kier alpha value is -1.71. The lowest BCUT2D eigenvalue weighted by atomic mass is 10.0. The number of anilines is 2. The van der Waals surface area contributed by atoms with E-state index in [1.165, 1.54) is 0 Å². The zero-order valence-corrected chi connectivity index (χ0v) is 12.1. The molecule has 0 aromatic heterocycles. The predicted molar refractivity (Wildman–Crippen MR) is 81.3 cm³/mol. The molecule has 0 unspecified atom stereocenters. The number of nitrogen functional groups attached to an aromatic ring is 1. The van der Waals surface area contributed by atoms with Gasteiger partial charge in [0.1, 0.15) is 0 Å². The molecule has 0 aliphatic carbocycles. The van der Waals surface area contributed by atoms with Crippen molar-refractivity contribution in [3.63, 3.8) is 0 Å². The SMILES string of the molecule is CCC(CC)CN(CC)c1c(N)cccc1C(N)=O. The van der Waals surface area contributed by atoms with Gasteiger partial charge in [0.25, 0.3) is 5.91 Å². The third-order valence-electron chi connectivity index (χ3n) is 3.66. The van der Waals surface area contributed by atoms with E-state index in [1.54, 1.807) is 12.1 Å². The smallest absolute Gasteiger partial charge is 0.250 e. The lowest BCUT2D eigenvalue weighted by Gasteiger charge is -2.29. The third-order valence-corrected chi connectivity index (χ3v) is 3.66. The second-order valence-corrected chi connectivity index (χ2v) is 4.83. The number of nitrogens with two attached hydrogens (primary N) is 2. The molecular formula is C15H25N3O. The maximum absolute atomic E-state index is 11.6. The van der Waals surface area contributed by atoms with Gasteiger partial charge in [-0.2, -0.15) is 0 Å². The van der Waals surface area contributed by atoms with Gasteiger partial charge in [-0.15, -0.1) is 0 Å². The van der Waals surface area contributed by atoms with Gasteiger partial charge in [-0.25, -0.2) is 0 Å². The molecule has 1 amide bonds. The number of primary amides is 1. The summed E-state index contributed by atoms with van der Waals surface area (Å²) in [4.78, 5) is 13.7. The van der Waals surface area contributed by atoms with Crippen LogP contribution in [0.1, 0.15) is 44.0 Å². The number of amides is 1. The average molecular weight is 263 g/mol. The van der Waals surface area contributed by atoms with E-state index in [2.05, 4.69) is 25.7 Å². The van der Waals surface area contributed by atoms with Crippen LogP contribution in [0.2, 0.25) is 0 Å². The molecule has 1 rings (SSSR count). The van der Waals surface area contributed by atoms with E-state index in [1.807, 2.05) is 6.07 Å². The van der Waals surface area contributed by atoms with Crippen molar-refractivity contribution in [3.8, 4) is 0 Å². The lowest BCUT2D eigenvalue weighted by molar-refractivity contribution is 0.100. The van der Waals surface area contributed by atoms with Gasteiger partial charge in [0.15, 0.2) is 0 Å². The number of hydrogen-bond donors (Lipinski definition) is 2. The van der Waals surface area contributed by atoms with Gasteiger partial charge in [0.2, 0.25) is 0 Å². The fourth-order valence-electron chi connectivity index (χ4n) is 2.35. The second kappa shape index (κ2) is 7.02. The van der Waals surface area contributed by atoms with Gasteiger partial charge < -0.3 is 16.4 Å². The van der Waals surface area contributed by atoms with E-state index >= 15 is 0 Å². The summed E-state index contributed by atoms with van der Waals surface area (Å²) >= 11 is 0. The molecule has 0 fully saturated rings. The van der Waals surface area contributed by atoms with Crippen molar-refractivity contribution in [1.82, 2.24) is 0 Å². The van der Waals surface area contributed by atoms with Crippen molar-refractivity contribution in [1.29, 1.82) is 0 Å². The molecule has 4 nitrogen and oxygen atoms in total. The van der Waals surface area contributed by atoms with Crippen molar-refractivity contribution in [2.45, 2.75) is 33.6 Å². The van der Waals surface area contributed by atoms with Crippen LogP contribution in [0.3, 0.4) is 0 Å². The standard InChI is InChI=1S/C15H25N3O/c1-4-11(5-2)10-18(6-3)14-12(15(17)19)8-7-9-13(14)16/h7-9,11H,4-6,10,16H2,1-3H3,(H2,17,19). The Kier molecular flexibility index (Phi) is 5.67. The molecule has 4 heteroatoms. The van der Waals surface area contributed by atoms with Crippen molar-refractivity contribution >= 4 is 17.3 Å². The van der Waals surface area contributed by atoms with Crippen molar-refractivity contribution in [2.24, 2.45) is 11.7 Å². The highest BCUT2D eigenvalue weighted by Gasteiger charge is 2.18. The van der Waals surface area contributed by atoms with Crippen LogP contribution < -0.4 is 16.4 Å². The van der Waals surface area contributed by atoms with Gasteiger partial charge in [-0.3, -0.25) is 4.79 Å². The van der Waals surface area contributed by atoms with Gasteiger partial charge >= 0.3 is 0 Å². The molecule has 0 saturated carbocycles. The molecule has 0 spiro atoms. The largest absolute Gasteiger partial charge is 0.397 e. The number of rotatable bonds is 7. The summed E-state index contributed by atoms with van der Waals surface area (Å²) in [5.74, 6) is 0.172. The number of carbonyl (C=O) groups is 1. The fraction of sp³-hybridized carbons (Fsp3) is 0.533. The van der Waals surface area contributed by atoms with Crippen LogP contribution in [-0.2, 0) is 0 Å². The Morgan fingerprint density at radius 1 is 1.26 bits per heavy atom. The molecule has 1 aromatic rings. The molecule has 0 atom stereocenters. The maximum atomic E-state index is 11.6. The number of carbonyl (C=O) groups excluding carboxylic acids is 1. The third kappa shape index (κ3) is 3.63. The zero-order valence-electron chi connectivity index (χ0n) is 12.1. The summed E-state index contributed by atoms with van der Waals surface area (Å²) in [6.07, 6.45) is 2.23. The molecule has 1 aromatic carbocycles. The minimum Gasteiger partial charge on any atom is -0.397 e. The van der Waals surface area contributed by atoms with Crippen molar-refractivity contribution in [3.05, 3.63) is 23.8 Å². The van der Waals surface area contributed by atoms with Crippen molar-refractivity contribution in [2.75, 3.05) is 23.7 Å². The highest BCUT2D eigenvalue weighted by molar-refractivity contribution is 6.01. The summed E-state index contributed by atoms with van der Waals surface area (Å²) in [6.45, 7) is 8.15. The minimum atomic E-state index is -0.426.